The molecule has 2 aliphatic carbocycles. The maximum absolute atomic E-state index is 14.6. The van der Waals surface area contributed by atoms with Crippen LogP contribution in [0.3, 0.4) is 0 Å². The molecule has 2 bridgehead atoms. The van der Waals surface area contributed by atoms with Crippen molar-refractivity contribution in [3.63, 3.8) is 0 Å². The van der Waals surface area contributed by atoms with Crippen LogP contribution in [0.15, 0.2) is 0 Å². The van der Waals surface area contributed by atoms with E-state index in [1.165, 1.54) is 6.42 Å². The Hall–Kier alpha value is -1.59. The highest BCUT2D eigenvalue weighted by molar-refractivity contribution is 5.79. The number of unbranched alkanes of at least 4 members (excludes halogenated alkanes) is 3. The second kappa shape index (κ2) is 14.8. The minimum Gasteiger partial charge on any atom is -0.481 e. The molecule has 6 nitrogen and oxygen atoms in total. The van der Waals surface area contributed by atoms with Crippen molar-refractivity contribution in [1.82, 2.24) is 0 Å². The van der Waals surface area contributed by atoms with E-state index in [2.05, 4.69) is 83.1 Å². The van der Waals surface area contributed by atoms with E-state index in [-0.39, 0.29) is 40.4 Å². The molecule has 0 radical (unpaired) electrons. The topological polar surface area (TPSA) is 89.9 Å². The van der Waals surface area contributed by atoms with Crippen LogP contribution in [0.4, 0.5) is 0 Å². The highest BCUT2D eigenvalue weighted by atomic mass is 16.5. The third kappa shape index (κ3) is 9.08. The van der Waals surface area contributed by atoms with Crippen LogP contribution in [-0.2, 0) is 23.9 Å². The lowest BCUT2D eigenvalue weighted by atomic mass is 9.53. The van der Waals surface area contributed by atoms with Crippen LogP contribution in [0.2, 0.25) is 0 Å². The Kier molecular flexibility index (Phi) is 13.2. The van der Waals surface area contributed by atoms with Gasteiger partial charge in [0.25, 0.3) is 0 Å². The Morgan fingerprint density at radius 3 is 1.84 bits per heavy atom. The molecule has 286 valence electrons. The van der Waals surface area contributed by atoms with Crippen molar-refractivity contribution in [2.45, 2.75) is 201 Å². The van der Waals surface area contributed by atoms with Crippen LogP contribution in [0.1, 0.15) is 188 Å². The largest absolute Gasteiger partial charge is 0.481 e. The zero-order valence-corrected chi connectivity index (χ0v) is 35.1. The smallest absolute Gasteiger partial charge is 0.312 e. The third-order valence-electron chi connectivity index (χ3n) is 14.5. The third-order valence-corrected chi connectivity index (χ3v) is 14.5. The molecule has 0 amide bonds. The SMILES string of the molecule is CCCCCCC(C)OC(=O)C(CC(C)(C)C(C)(CC(C)(C)C)C(=O)O)C(C)(C)CC(C)(C(=O)OC1CC2CCC1(C)C2(C)C)C(C)(C)C. The van der Waals surface area contributed by atoms with E-state index < -0.39 is 39.0 Å². The van der Waals surface area contributed by atoms with Gasteiger partial charge in [-0.2, -0.15) is 0 Å². The number of hydrogen-bond acceptors (Lipinski definition) is 5. The van der Waals surface area contributed by atoms with Gasteiger partial charge in [0.15, 0.2) is 0 Å². The molecule has 0 spiro atoms. The van der Waals surface area contributed by atoms with Crippen molar-refractivity contribution in [1.29, 1.82) is 0 Å². The van der Waals surface area contributed by atoms with Crippen molar-refractivity contribution < 1.29 is 29.0 Å². The van der Waals surface area contributed by atoms with Crippen molar-refractivity contribution >= 4 is 17.9 Å². The van der Waals surface area contributed by atoms with Crippen LogP contribution in [0.25, 0.3) is 0 Å². The second-order valence-corrected chi connectivity index (χ2v) is 21.4. The van der Waals surface area contributed by atoms with Gasteiger partial charge in [-0.3, -0.25) is 14.4 Å². The van der Waals surface area contributed by atoms with E-state index in [9.17, 15) is 19.5 Å². The molecule has 0 heterocycles. The van der Waals surface area contributed by atoms with Gasteiger partial charge >= 0.3 is 17.9 Å². The number of carboxylic acid groups (broad SMARTS) is 1. The van der Waals surface area contributed by atoms with Gasteiger partial charge in [0.1, 0.15) is 6.10 Å². The number of aliphatic carboxylic acids is 1. The standard InChI is InChI=1S/C43H78O6/c1-18-19-20-21-22-29(2)48-33(44)31(26-39(11,12)42(16,34(45)46)27-36(3,4)5)38(9,10)28-43(17,37(6,7)8)35(47)49-32-25-30-23-24-41(32,15)40(30,13)14/h29-32H,18-28H2,1-17H3,(H,45,46). The van der Waals surface area contributed by atoms with E-state index in [1.807, 2.05) is 34.6 Å². The van der Waals surface area contributed by atoms with Gasteiger partial charge in [-0.25, -0.2) is 0 Å². The molecule has 2 rings (SSSR count). The highest BCUT2D eigenvalue weighted by Crippen LogP contribution is 2.67. The summed E-state index contributed by atoms with van der Waals surface area (Å²) >= 11 is 0. The summed E-state index contributed by atoms with van der Waals surface area (Å²) < 4.78 is 12.8. The summed E-state index contributed by atoms with van der Waals surface area (Å²) in [6.07, 6.45) is 9.17. The molecule has 2 saturated carbocycles. The summed E-state index contributed by atoms with van der Waals surface area (Å²) in [6, 6.07) is 0. The average molecular weight is 691 g/mol. The predicted molar refractivity (Wildman–Crippen MR) is 201 cm³/mol. The van der Waals surface area contributed by atoms with Gasteiger partial charge in [0.2, 0.25) is 0 Å². The molecule has 0 aromatic heterocycles. The minimum atomic E-state index is -1.10. The molecule has 7 unspecified atom stereocenters. The molecular formula is C43H78O6. The van der Waals surface area contributed by atoms with Gasteiger partial charge < -0.3 is 14.6 Å². The maximum atomic E-state index is 14.6. The molecule has 1 N–H and O–H groups in total. The molecule has 7 atom stereocenters. The second-order valence-electron chi connectivity index (χ2n) is 21.4. The quantitative estimate of drug-likeness (QED) is 0.121. The first kappa shape index (κ1) is 43.6. The number of rotatable bonds is 17. The first-order chi connectivity index (χ1) is 21.9. The molecule has 0 aliphatic heterocycles. The first-order valence-corrected chi connectivity index (χ1v) is 19.6. The average Bonchev–Trinajstić information content (AvgIpc) is 3.25. The number of carbonyl (C=O) groups excluding carboxylic acids is 2. The van der Waals surface area contributed by atoms with E-state index in [0.717, 1.165) is 44.9 Å². The number of ether oxygens (including phenoxy) is 2. The number of esters is 2. The molecule has 6 heteroatoms. The van der Waals surface area contributed by atoms with Crippen LogP contribution in [0.5, 0.6) is 0 Å². The summed E-state index contributed by atoms with van der Waals surface area (Å²) in [5.74, 6) is -1.42. The van der Waals surface area contributed by atoms with Crippen molar-refractivity contribution in [2.24, 2.45) is 55.2 Å². The number of carboxylic acids is 1. The summed E-state index contributed by atoms with van der Waals surface area (Å²) in [6.45, 7) is 35.6. The lowest BCUT2D eigenvalue weighted by molar-refractivity contribution is -0.182. The van der Waals surface area contributed by atoms with Crippen LogP contribution >= 0.6 is 0 Å². The Balaban J connectivity index is 2.54. The highest BCUT2D eigenvalue weighted by Gasteiger charge is 2.64. The fraction of sp³-hybridized carbons (Fsp3) is 0.930. The monoisotopic (exact) mass is 691 g/mol. The first-order valence-electron chi connectivity index (χ1n) is 19.6. The predicted octanol–water partition coefficient (Wildman–Crippen LogP) is 11.7. The van der Waals surface area contributed by atoms with E-state index >= 15 is 0 Å². The fourth-order valence-corrected chi connectivity index (χ4v) is 9.52. The molecule has 0 saturated heterocycles. The molecule has 2 aliphatic rings. The normalized spacial score (nSPS) is 26.4. The number of fused-ring (bicyclic) bond motifs is 2. The van der Waals surface area contributed by atoms with Gasteiger partial charge in [-0.1, -0.05) is 116 Å². The van der Waals surface area contributed by atoms with Gasteiger partial charge in [-0.05, 0) is 105 Å². The van der Waals surface area contributed by atoms with Crippen molar-refractivity contribution in [3.8, 4) is 0 Å². The summed E-state index contributed by atoms with van der Waals surface area (Å²) in [5.41, 5.74) is -4.12. The lowest BCUT2D eigenvalue weighted by Crippen LogP contribution is -2.51. The van der Waals surface area contributed by atoms with E-state index in [4.69, 9.17) is 9.47 Å². The Morgan fingerprint density at radius 2 is 1.41 bits per heavy atom. The zero-order valence-electron chi connectivity index (χ0n) is 35.1. The molecule has 0 aromatic carbocycles. The lowest BCUT2D eigenvalue weighted by Gasteiger charge is -2.50. The molecular weight excluding hydrogens is 612 g/mol. The van der Waals surface area contributed by atoms with Gasteiger partial charge in [0, 0.05) is 5.41 Å². The van der Waals surface area contributed by atoms with Gasteiger partial charge in [0.05, 0.1) is 22.9 Å². The van der Waals surface area contributed by atoms with Crippen LogP contribution in [-0.4, -0.2) is 35.2 Å². The minimum absolute atomic E-state index is 0.0559. The molecule has 49 heavy (non-hydrogen) atoms. The van der Waals surface area contributed by atoms with Crippen molar-refractivity contribution in [2.75, 3.05) is 0 Å². The number of hydrogen-bond donors (Lipinski definition) is 1. The van der Waals surface area contributed by atoms with Gasteiger partial charge in [-0.15, -0.1) is 0 Å². The Labute approximate surface area is 302 Å². The number of carbonyl (C=O) groups is 3. The van der Waals surface area contributed by atoms with Crippen molar-refractivity contribution in [3.05, 3.63) is 0 Å². The maximum Gasteiger partial charge on any atom is 0.312 e. The molecule has 2 fully saturated rings. The summed E-state index contributed by atoms with van der Waals surface area (Å²) in [7, 11) is 0. The Bertz CT molecular complexity index is 1170. The molecule has 0 aromatic rings. The fourth-order valence-electron chi connectivity index (χ4n) is 9.52. The van der Waals surface area contributed by atoms with E-state index in [0.29, 0.717) is 25.2 Å². The zero-order chi connectivity index (χ0) is 38.2. The Morgan fingerprint density at radius 1 is 0.837 bits per heavy atom. The van der Waals surface area contributed by atoms with E-state index in [1.54, 1.807) is 0 Å². The van der Waals surface area contributed by atoms with Crippen LogP contribution in [0, 0.1) is 55.2 Å². The summed E-state index contributed by atoms with van der Waals surface area (Å²) in [4.78, 5) is 42.1. The van der Waals surface area contributed by atoms with Crippen LogP contribution < -0.4 is 0 Å². The summed E-state index contributed by atoms with van der Waals surface area (Å²) in [5, 5.41) is 10.7.